The molecule has 4 rings (SSSR count). The number of nitrogens with zero attached hydrogens (tertiary/aromatic N) is 4. The van der Waals surface area contributed by atoms with E-state index in [0.29, 0.717) is 11.0 Å². The molecule has 0 atom stereocenters. The van der Waals surface area contributed by atoms with Crippen molar-refractivity contribution in [1.29, 1.82) is 5.26 Å². The molecule has 206 valence electrons. The number of hydrogen-bond donors (Lipinski definition) is 3. The zero-order chi connectivity index (χ0) is 29.4. The Bertz CT molecular complexity index is 1570. The summed E-state index contributed by atoms with van der Waals surface area (Å²) in [5.41, 5.74) is -3.57. The molecule has 3 N–H and O–H groups in total. The van der Waals surface area contributed by atoms with E-state index in [0.717, 1.165) is 29.2 Å². The number of imide groups is 1. The molecule has 40 heavy (non-hydrogen) atoms. The van der Waals surface area contributed by atoms with E-state index in [-0.39, 0.29) is 35.1 Å². The SMILES string of the molecule is CC1(C)C(=O)N(c2ccc(C#N)c(C(F)(F)F)c2)C(=O)N1Cc1ccc(F)cc1NC(=O)Nc1ccnc(O)c1. The lowest BCUT2D eigenvalue weighted by molar-refractivity contribution is -0.137. The fourth-order valence-electron chi connectivity index (χ4n) is 4.09. The number of pyridine rings is 1. The second-order valence-corrected chi connectivity index (χ2v) is 9.19. The Labute approximate surface area is 224 Å². The minimum absolute atomic E-state index is 0.0528. The van der Waals surface area contributed by atoms with E-state index in [9.17, 15) is 37.1 Å². The molecule has 3 aromatic rings. The van der Waals surface area contributed by atoms with Gasteiger partial charge in [-0.05, 0) is 55.8 Å². The van der Waals surface area contributed by atoms with E-state index < -0.39 is 46.6 Å². The van der Waals surface area contributed by atoms with E-state index in [1.165, 1.54) is 44.3 Å². The molecule has 14 heteroatoms. The lowest BCUT2D eigenvalue weighted by Gasteiger charge is -2.28. The number of aromatic hydroxyl groups is 1. The number of amides is 5. The summed E-state index contributed by atoms with van der Waals surface area (Å²) in [6, 6.07) is 8.06. The number of benzene rings is 2. The fraction of sp³-hybridized carbons (Fsp3) is 0.192. The summed E-state index contributed by atoms with van der Waals surface area (Å²) in [7, 11) is 0. The number of nitriles is 1. The first-order valence-corrected chi connectivity index (χ1v) is 11.5. The number of alkyl halides is 3. The van der Waals surface area contributed by atoms with Crippen molar-refractivity contribution < 1.29 is 37.1 Å². The Balaban J connectivity index is 1.63. The molecule has 0 spiro atoms. The standard InChI is InChI=1S/C26H20F4N6O4/c1-25(2)22(38)36(18-6-4-14(12-31)19(11-18)26(28,29)30)24(40)35(25)13-15-3-5-16(27)9-20(15)34-23(39)33-17-7-8-32-21(37)10-17/h3-11H,13H2,1-2H3,(H3,32,33,34,37,39). The van der Waals surface area contributed by atoms with Crippen molar-refractivity contribution >= 4 is 35.0 Å². The number of anilines is 3. The Hall–Kier alpha value is -5.19. The van der Waals surface area contributed by atoms with Gasteiger partial charge in [0.25, 0.3) is 5.91 Å². The largest absolute Gasteiger partial charge is 0.493 e. The van der Waals surface area contributed by atoms with Crippen LogP contribution in [0.2, 0.25) is 0 Å². The van der Waals surface area contributed by atoms with Crippen LogP contribution in [-0.4, -0.2) is 38.5 Å². The van der Waals surface area contributed by atoms with Crippen molar-refractivity contribution in [3.8, 4) is 11.9 Å². The first-order chi connectivity index (χ1) is 18.7. The van der Waals surface area contributed by atoms with E-state index in [1.807, 2.05) is 0 Å². The molecule has 1 saturated heterocycles. The maximum Gasteiger partial charge on any atom is 0.417 e. The number of rotatable bonds is 5. The summed E-state index contributed by atoms with van der Waals surface area (Å²) < 4.78 is 54.6. The monoisotopic (exact) mass is 556 g/mol. The van der Waals surface area contributed by atoms with Gasteiger partial charge < -0.3 is 20.6 Å². The van der Waals surface area contributed by atoms with Crippen LogP contribution in [0.5, 0.6) is 5.88 Å². The molecule has 5 amide bonds. The third kappa shape index (κ3) is 5.35. The second kappa shape index (κ2) is 10.2. The molecule has 1 fully saturated rings. The van der Waals surface area contributed by atoms with Gasteiger partial charge in [-0.25, -0.2) is 23.9 Å². The molecule has 0 bridgehead atoms. The maximum atomic E-state index is 14.1. The van der Waals surface area contributed by atoms with E-state index in [2.05, 4.69) is 15.6 Å². The van der Waals surface area contributed by atoms with Crippen LogP contribution in [0.3, 0.4) is 0 Å². The Kier molecular flexibility index (Phi) is 7.08. The summed E-state index contributed by atoms with van der Waals surface area (Å²) in [5.74, 6) is -1.90. The lowest BCUT2D eigenvalue weighted by Crippen LogP contribution is -2.43. The molecular weight excluding hydrogens is 536 g/mol. The molecule has 0 unspecified atom stereocenters. The number of urea groups is 2. The topological polar surface area (TPSA) is 139 Å². The smallest absolute Gasteiger partial charge is 0.417 e. The molecule has 0 aliphatic carbocycles. The quantitative estimate of drug-likeness (QED) is 0.291. The molecule has 0 saturated carbocycles. The van der Waals surface area contributed by atoms with Gasteiger partial charge in [0.1, 0.15) is 11.4 Å². The zero-order valence-electron chi connectivity index (χ0n) is 20.9. The number of halogens is 4. The van der Waals surface area contributed by atoms with Crippen LogP contribution >= 0.6 is 0 Å². The van der Waals surface area contributed by atoms with Crippen LogP contribution < -0.4 is 15.5 Å². The number of aromatic nitrogens is 1. The van der Waals surface area contributed by atoms with Gasteiger partial charge in [0.05, 0.1) is 35.1 Å². The molecular formula is C26H20F4N6O4. The van der Waals surface area contributed by atoms with E-state index >= 15 is 0 Å². The van der Waals surface area contributed by atoms with Gasteiger partial charge in [-0.1, -0.05) is 6.07 Å². The van der Waals surface area contributed by atoms with Gasteiger partial charge in [-0.15, -0.1) is 0 Å². The predicted octanol–water partition coefficient (Wildman–Crippen LogP) is 5.21. The highest BCUT2D eigenvalue weighted by atomic mass is 19.4. The van der Waals surface area contributed by atoms with Gasteiger partial charge in [-0.3, -0.25) is 4.79 Å². The van der Waals surface area contributed by atoms with E-state index in [4.69, 9.17) is 5.26 Å². The van der Waals surface area contributed by atoms with Gasteiger partial charge in [0, 0.05) is 18.0 Å². The average Bonchev–Trinajstić information content (AvgIpc) is 3.03. The van der Waals surface area contributed by atoms with E-state index in [1.54, 1.807) is 0 Å². The van der Waals surface area contributed by atoms with Crippen LogP contribution in [0.4, 0.5) is 44.2 Å². The predicted molar refractivity (Wildman–Crippen MR) is 134 cm³/mol. The molecule has 2 aromatic carbocycles. The Morgan fingerprint density at radius 1 is 1.10 bits per heavy atom. The van der Waals surface area contributed by atoms with Crippen molar-refractivity contribution in [3.63, 3.8) is 0 Å². The minimum Gasteiger partial charge on any atom is -0.493 e. The molecule has 10 nitrogen and oxygen atoms in total. The maximum absolute atomic E-state index is 14.1. The first kappa shape index (κ1) is 27.8. The van der Waals surface area contributed by atoms with Crippen LogP contribution in [-0.2, 0) is 17.5 Å². The summed E-state index contributed by atoms with van der Waals surface area (Å²) >= 11 is 0. The van der Waals surface area contributed by atoms with Crippen molar-refractivity contribution in [2.24, 2.45) is 0 Å². The first-order valence-electron chi connectivity index (χ1n) is 11.5. The zero-order valence-corrected chi connectivity index (χ0v) is 20.9. The van der Waals surface area contributed by atoms with Crippen LogP contribution in [0.25, 0.3) is 0 Å². The van der Waals surface area contributed by atoms with Crippen molar-refractivity contribution in [3.05, 3.63) is 77.2 Å². The molecule has 1 aromatic heterocycles. The van der Waals surface area contributed by atoms with Crippen LogP contribution in [0, 0.1) is 17.1 Å². The minimum atomic E-state index is -4.91. The van der Waals surface area contributed by atoms with Gasteiger partial charge in [0.15, 0.2) is 0 Å². The normalized spacial score (nSPS) is 14.7. The number of carbonyl (C=O) groups excluding carboxylic acids is 3. The van der Waals surface area contributed by atoms with Crippen molar-refractivity contribution in [2.45, 2.75) is 32.1 Å². The average molecular weight is 556 g/mol. The van der Waals surface area contributed by atoms with Gasteiger partial charge in [-0.2, -0.15) is 18.4 Å². The van der Waals surface area contributed by atoms with Gasteiger partial charge in [0.2, 0.25) is 5.88 Å². The highest BCUT2D eigenvalue weighted by Gasteiger charge is 2.52. The lowest BCUT2D eigenvalue weighted by atomic mass is 10.0. The molecule has 1 aliphatic heterocycles. The third-order valence-corrected chi connectivity index (χ3v) is 6.16. The van der Waals surface area contributed by atoms with Crippen LogP contribution in [0.1, 0.15) is 30.5 Å². The summed E-state index contributed by atoms with van der Waals surface area (Å²) in [5, 5.41) is 23.4. The Morgan fingerprint density at radius 2 is 1.82 bits per heavy atom. The number of nitrogens with one attached hydrogen (secondary N) is 2. The molecule has 2 heterocycles. The highest BCUT2D eigenvalue weighted by Crippen LogP contribution is 2.38. The number of hydrogen-bond acceptors (Lipinski definition) is 6. The van der Waals surface area contributed by atoms with Crippen molar-refractivity contribution in [1.82, 2.24) is 9.88 Å². The summed E-state index contributed by atoms with van der Waals surface area (Å²) in [6.45, 7) is 2.45. The summed E-state index contributed by atoms with van der Waals surface area (Å²) in [6.07, 6.45) is -3.67. The summed E-state index contributed by atoms with van der Waals surface area (Å²) in [4.78, 5) is 44.4. The third-order valence-electron chi connectivity index (χ3n) is 6.16. The molecule has 0 radical (unpaired) electrons. The Morgan fingerprint density at radius 3 is 2.48 bits per heavy atom. The second-order valence-electron chi connectivity index (χ2n) is 9.19. The highest BCUT2D eigenvalue weighted by molar-refractivity contribution is 6.23. The van der Waals surface area contributed by atoms with Crippen molar-refractivity contribution in [2.75, 3.05) is 15.5 Å². The molecule has 1 aliphatic rings. The fourth-order valence-corrected chi connectivity index (χ4v) is 4.09. The van der Waals surface area contributed by atoms with Crippen LogP contribution in [0.15, 0.2) is 54.7 Å². The number of carbonyl (C=O) groups is 3. The van der Waals surface area contributed by atoms with Gasteiger partial charge >= 0.3 is 18.2 Å².